The van der Waals surface area contributed by atoms with Crippen LogP contribution < -0.4 is 5.32 Å². The fraction of sp³-hybridized carbons (Fsp3) is 0.917. The quantitative estimate of drug-likeness (QED) is 0.766. The van der Waals surface area contributed by atoms with Gasteiger partial charge >= 0.3 is 0 Å². The molecule has 84 valence electrons. The van der Waals surface area contributed by atoms with Crippen LogP contribution >= 0.6 is 0 Å². The molecule has 2 aliphatic rings. The van der Waals surface area contributed by atoms with E-state index in [2.05, 4.69) is 11.4 Å². The first-order chi connectivity index (χ1) is 7.28. The molecule has 2 saturated carbocycles. The topological polar surface area (TPSA) is 45.0 Å². The van der Waals surface area contributed by atoms with Crippen molar-refractivity contribution in [1.29, 1.82) is 5.26 Å². The zero-order valence-corrected chi connectivity index (χ0v) is 9.46. The van der Waals surface area contributed by atoms with Crippen molar-refractivity contribution >= 4 is 0 Å². The van der Waals surface area contributed by atoms with Crippen LogP contribution in [0.3, 0.4) is 0 Å². The van der Waals surface area contributed by atoms with E-state index in [9.17, 15) is 5.26 Å². The lowest BCUT2D eigenvalue weighted by atomic mass is 9.81. The average Bonchev–Trinajstić information content (AvgIpc) is 3.10. The van der Waals surface area contributed by atoms with E-state index < -0.39 is 0 Å². The summed E-state index contributed by atoms with van der Waals surface area (Å²) in [6.45, 7) is 0.913. The summed E-state index contributed by atoms with van der Waals surface area (Å²) < 4.78 is 5.87. The van der Waals surface area contributed by atoms with Crippen molar-refractivity contribution in [2.45, 2.75) is 50.2 Å². The Hall–Kier alpha value is -0.590. The minimum absolute atomic E-state index is 0.298. The van der Waals surface area contributed by atoms with Gasteiger partial charge in [0.05, 0.1) is 12.2 Å². The summed E-state index contributed by atoms with van der Waals surface area (Å²) >= 11 is 0. The van der Waals surface area contributed by atoms with Crippen molar-refractivity contribution in [2.24, 2.45) is 5.92 Å². The van der Waals surface area contributed by atoms with Crippen molar-refractivity contribution in [3.63, 3.8) is 0 Å². The maximum atomic E-state index is 9.18. The largest absolute Gasteiger partial charge is 0.378 e. The molecule has 2 aliphatic carbocycles. The van der Waals surface area contributed by atoms with E-state index in [1.807, 2.05) is 7.05 Å². The lowest BCUT2D eigenvalue weighted by molar-refractivity contribution is 0.00490. The molecule has 0 aliphatic heterocycles. The molecule has 1 N–H and O–H groups in total. The third-order valence-electron chi connectivity index (χ3n) is 3.66. The van der Waals surface area contributed by atoms with Crippen LogP contribution in [-0.2, 0) is 4.74 Å². The molecule has 0 saturated heterocycles. The molecule has 2 unspecified atom stereocenters. The third-order valence-corrected chi connectivity index (χ3v) is 3.66. The summed E-state index contributed by atoms with van der Waals surface area (Å²) in [4.78, 5) is 0. The molecule has 3 heteroatoms. The second-order valence-corrected chi connectivity index (χ2v) is 4.94. The van der Waals surface area contributed by atoms with Gasteiger partial charge in [0.2, 0.25) is 0 Å². The van der Waals surface area contributed by atoms with Crippen LogP contribution in [0.2, 0.25) is 0 Å². The molecule has 2 rings (SSSR count). The molecule has 0 bridgehead atoms. The molecule has 0 heterocycles. The Bertz CT molecular complexity index is 257. The van der Waals surface area contributed by atoms with E-state index >= 15 is 0 Å². The van der Waals surface area contributed by atoms with E-state index in [-0.39, 0.29) is 5.54 Å². The van der Waals surface area contributed by atoms with Crippen LogP contribution in [0.15, 0.2) is 0 Å². The van der Waals surface area contributed by atoms with Gasteiger partial charge in [-0.3, -0.25) is 0 Å². The lowest BCUT2D eigenvalue weighted by Gasteiger charge is -2.35. The van der Waals surface area contributed by atoms with Crippen LogP contribution in [0.5, 0.6) is 0 Å². The Morgan fingerprint density at radius 3 is 2.87 bits per heavy atom. The van der Waals surface area contributed by atoms with E-state index in [0.29, 0.717) is 6.10 Å². The highest BCUT2D eigenvalue weighted by molar-refractivity contribution is 5.09. The first kappa shape index (κ1) is 10.9. The summed E-state index contributed by atoms with van der Waals surface area (Å²) in [5.74, 6) is 0.818. The monoisotopic (exact) mass is 208 g/mol. The number of nitrogens with zero attached hydrogens (tertiary/aromatic N) is 1. The maximum Gasteiger partial charge on any atom is 0.109 e. The Balaban J connectivity index is 1.82. The summed E-state index contributed by atoms with van der Waals surface area (Å²) in [5, 5.41) is 12.3. The molecule has 3 nitrogen and oxygen atoms in total. The number of hydrogen-bond acceptors (Lipinski definition) is 3. The Labute approximate surface area is 91.8 Å². The fourth-order valence-electron chi connectivity index (χ4n) is 2.31. The van der Waals surface area contributed by atoms with E-state index in [1.165, 1.54) is 12.8 Å². The molecule has 2 atom stereocenters. The Kier molecular flexibility index (Phi) is 3.28. The van der Waals surface area contributed by atoms with Crippen LogP contribution in [0.4, 0.5) is 0 Å². The molecule has 0 aromatic rings. The second kappa shape index (κ2) is 4.51. The molecular formula is C12H20N2O. The van der Waals surface area contributed by atoms with Gasteiger partial charge in [-0.2, -0.15) is 5.26 Å². The Morgan fingerprint density at radius 2 is 2.27 bits per heavy atom. The minimum Gasteiger partial charge on any atom is -0.378 e. The van der Waals surface area contributed by atoms with Gasteiger partial charge in [0.25, 0.3) is 0 Å². The minimum atomic E-state index is -0.327. The smallest absolute Gasteiger partial charge is 0.109 e. The van der Waals surface area contributed by atoms with Crippen molar-refractivity contribution in [1.82, 2.24) is 5.32 Å². The highest BCUT2D eigenvalue weighted by Crippen LogP contribution is 2.33. The molecular weight excluding hydrogens is 188 g/mol. The van der Waals surface area contributed by atoms with E-state index in [0.717, 1.165) is 38.2 Å². The van der Waals surface area contributed by atoms with Gasteiger partial charge in [-0.15, -0.1) is 0 Å². The fourth-order valence-corrected chi connectivity index (χ4v) is 2.31. The highest BCUT2D eigenvalue weighted by Gasteiger charge is 2.36. The van der Waals surface area contributed by atoms with Gasteiger partial charge in [-0.1, -0.05) is 0 Å². The Morgan fingerprint density at radius 1 is 1.47 bits per heavy atom. The molecule has 0 amide bonds. The summed E-state index contributed by atoms with van der Waals surface area (Å²) in [5.41, 5.74) is -0.327. The van der Waals surface area contributed by atoms with Crippen molar-refractivity contribution < 1.29 is 4.74 Å². The number of ether oxygens (including phenoxy) is 1. The zero-order valence-electron chi connectivity index (χ0n) is 9.46. The molecule has 15 heavy (non-hydrogen) atoms. The van der Waals surface area contributed by atoms with Crippen LogP contribution in [-0.4, -0.2) is 25.3 Å². The lowest BCUT2D eigenvalue weighted by Crippen LogP contribution is -2.47. The van der Waals surface area contributed by atoms with E-state index in [1.54, 1.807) is 0 Å². The van der Waals surface area contributed by atoms with E-state index in [4.69, 9.17) is 4.74 Å². The van der Waals surface area contributed by atoms with Crippen LogP contribution in [0.1, 0.15) is 38.5 Å². The van der Waals surface area contributed by atoms with Crippen LogP contribution in [0.25, 0.3) is 0 Å². The predicted octanol–water partition coefficient (Wildman–Crippen LogP) is 1.84. The SMILES string of the molecule is CNC1(C#N)CCCC(OCC2CC2)C1. The van der Waals surface area contributed by atoms with Gasteiger partial charge in [-0.05, 0) is 45.1 Å². The number of rotatable bonds is 4. The number of hydrogen-bond donors (Lipinski definition) is 1. The molecule has 0 spiro atoms. The van der Waals surface area contributed by atoms with Gasteiger partial charge in [0.15, 0.2) is 0 Å². The van der Waals surface area contributed by atoms with Gasteiger partial charge < -0.3 is 10.1 Å². The number of nitrogens with one attached hydrogen (secondary N) is 1. The molecule has 2 fully saturated rings. The van der Waals surface area contributed by atoms with Gasteiger partial charge in [0, 0.05) is 13.0 Å². The molecule has 0 radical (unpaired) electrons. The van der Waals surface area contributed by atoms with Gasteiger partial charge in [-0.25, -0.2) is 0 Å². The third kappa shape index (κ3) is 2.70. The normalized spacial score (nSPS) is 36.1. The number of nitriles is 1. The predicted molar refractivity (Wildman–Crippen MR) is 58.3 cm³/mol. The van der Waals surface area contributed by atoms with Crippen LogP contribution in [0, 0.1) is 17.2 Å². The van der Waals surface area contributed by atoms with Crippen molar-refractivity contribution in [2.75, 3.05) is 13.7 Å². The summed E-state index contributed by atoms with van der Waals surface area (Å²) in [7, 11) is 1.88. The average molecular weight is 208 g/mol. The van der Waals surface area contributed by atoms with Crippen molar-refractivity contribution in [3.05, 3.63) is 0 Å². The summed E-state index contributed by atoms with van der Waals surface area (Å²) in [6.07, 6.45) is 7.01. The first-order valence-electron chi connectivity index (χ1n) is 6.00. The van der Waals surface area contributed by atoms with Gasteiger partial charge in [0.1, 0.15) is 5.54 Å². The van der Waals surface area contributed by atoms with Crippen molar-refractivity contribution in [3.8, 4) is 6.07 Å². The first-order valence-corrected chi connectivity index (χ1v) is 6.00. The molecule has 0 aromatic heterocycles. The standard InChI is InChI=1S/C12H20N2O/c1-14-12(9-13)6-2-3-11(7-12)15-8-10-4-5-10/h10-11,14H,2-8H2,1H3. The summed E-state index contributed by atoms with van der Waals surface area (Å²) in [6, 6.07) is 2.41. The zero-order chi connectivity index (χ0) is 10.7. The second-order valence-electron chi connectivity index (χ2n) is 4.94. The molecule has 0 aromatic carbocycles. The highest BCUT2D eigenvalue weighted by atomic mass is 16.5. The maximum absolute atomic E-state index is 9.18.